The fourth-order valence-electron chi connectivity index (χ4n) is 3.93. The number of likely N-dealkylation sites (tertiary alicyclic amines) is 1. The van der Waals surface area contributed by atoms with Gasteiger partial charge in [0.25, 0.3) is 0 Å². The molecule has 1 aliphatic heterocycles. The smallest absolute Gasteiger partial charge is 0.242 e. The zero-order chi connectivity index (χ0) is 17.9. The Balaban J connectivity index is 2.26. The molecule has 0 aliphatic carbocycles. The first kappa shape index (κ1) is 18.5. The minimum Gasteiger partial charge on any atom is -0.338 e. The van der Waals surface area contributed by atoms with Crippen molar-refractivity contribution in [3.63, 3.8) is 0 Å². The lowest BCUT2D eigenvalue weighted by atomic mass is 9.99. The van der Waals surface area contributed by atoms with Gasteiger partial charge in [-0.3, -0.25) is 9.59 Å². The van der Waals surface area contributed by atoms with Gasteiger partial charge in [0.1, 0.15) is 6.54 Å². The summed E-state index contributed by atoms with van der Waals surface area (Å²) in [6.07, 6.45) is 4.30. The fourth-order valence-corrected chi connectivity index (χ4v) is 3.93. The summed E-state index contributed by atoms with van der Waals surface area (Å²) in [6, 6.07) is 4.46. The summed E-state index contributed by atoms with van der Waals surface area (Å²) < 4.78 is 0. The van der Waals surface area contributed by atoms with Crippen molar-refractivity contribution in [3.05, 3.63) is 28.8 Å². The number of nitrogens with zero attached hydrogens (tertiary/aromatic N) is 2. The van der Waals surface area contributed by atoms with E-state index in [4.69, 9.17) is 0 Å². The molecule has 132 valence electrons. The summed E-state index contributed by atoms with van der Waals surface area (Å²) >= 11 is 0. The molecule has 1 aliphatic rings. The summed E-state index contributed by atoms with van der Waals surface area (Å²) in [4.78, 5) is 28.8. The van der Waals surface area contributed by atoms with E-state index in [0.717, 1.165) is 42.6 Å². The average Bonchev–Trinajstić information content (AvgIpc) is 2.52. The Morgan fingerprint density at radius 3 is 2.33 bits per heavy atom. The quantitative estimate of drug-likeness (QED) is 0.843. The molecule has 4 nitrogen and oxygen atoms in total. The molecule has 1 heterocycles. The first-order valence-corrected chi connectivity index (χ1v) is 9.00. The molecule has 0 spiro atoms. The van der Waals surface area contributed by atoms with E-state index in [0.29, 0.717) is 6.04 Å². The van der Waals surface area contributed by atoms with Gasteiger partial charge in [-0.25, -0.2) is 0 Å². The van der Waals surface area contributed by atoms with Crippen LogP contribution in [0, 0.1) is 20.8 Å². The standard InChI is InChI=1S/C20H30N2O2/c1-6-18-9-7-8-10-21(18)19(24)13-22(17(5)23)20-15(3)11-14(2)12-16(20)4/h11-12,18H,6-10,13H2,1-5H3. The zero-order valence-electron chi connectivity index (χ0n) is 15.7. The monoisotopic (exact) mass is 330 g/mol. The van der Waals surface area contributed by atoms with E-state index in [2.05, 4.69) is 19.1 Å². The van der Waals surface area contributed by atoms with Gasteiger partial charge >= 0.3 is 0 Å². The molecule has 2 amide bonds. The highest BCUT2D eigenvalue weighted by molar-refractivity contribution is 5.98. The van der Waals surface area contributed by atoms with Crippen LogP contribution < -0.4 is 4.90 Å². The molecule has 1 unspecified atom stereocenters. The Bertz CT molecular complexity index is 601. The van der Waals surface area contributed by atoms with Crippen LogP contribution in [-0.2, 0) is 9.59 Å². The van der Waals surface area contributed by atoms with Crippen LogP contribution >= 0.6 is 0 Å². The molecular weight excluding hydrogens is 300 g/mol. The van der Waals surface area contributed by atoms with Gasteiger partial charge in [0.05, 0.1) is 5.69 Å². The van der Waals surface area contributed by atoms with Gasteiger partial charge in [0.15, 0.2) is 0 Å². The Labute approximate surface area is 145 Å². The Morgan fingerprint density at radius 2 is 1.79 bits per heavy atom. The summed E-state index contributed by atoms with van der Waals surface area (Å²) in [5, 5.41) is 0. The Kier molecular flexibility index (Phi) is 6.03. The molecule has 0 bridgehead atoms. The van der Waals surface area contributed by atoms with Crippen LogP contribution in [0.4, 0.5) is 5.69 Å². The van der Waals surface area contributed by atoms with Gasteiger partial charge in [-0.1, -0.05) is 24.6 Å². The van der Waals surface area contributed by atoms with Crippen LogP contribution in [-0.4, -0.2) is 35.8 Å². The Hall–Kier alpha value is -1.84. The number of amides is 2. The van der Waals surface area contributed by atoms with Gasteiger partial charge in [-0.15, -0.1) is 0 Å². The van der Waals surface area contributed by atoms with Crippen molar-refractivity contribution in [2.24, 2.45) is 0 Å². The second-order valence-corrected chi connectivity index (χ2v) is 7.00. The third-order valence-corrected chi connectivity index (χ3v) is 5.00. The van der Waals surface area contributed by atoms with Crippen LogP contribution in [0.15, 0.2) is 12.1 Å². The predicted octanol–water partition coefficient (Wildman–Crippen LogP) is 3.76. The van der Waals surface area contributed by atoms with E-state index in [1.54, 1.807) is 11.8 Å². The minimum absolute atomic E-state index is 0.0659. The van der Waals surface area contributed by atoms with Crippen molar-refractivity contribution in [2.75, 3.05) is 18.0 Å². The third kappa shape index (κ3) is 3.97. The number of carbonyl (C=O) groups is 2. The van der Waals surface area contributed by atoms with Crippen LogP contribution in [0.3, 0.4) is 0 Å². The maximum atomic E-state index is 12.9. The molecule has 1 atom stereocenters. The van der Waals surface area contributed by atoms with E-state index in [1.165, 1.54) is 12.0 Å². The number of aryl methyl sites for hydroxylation is 3. The maximum absolute atomic E-state index is 12.9. The van der Waals surface area contributed by atoms with Crippen LogP contribution in [0.25, 0.3) is 0 Å². The highest BCUT2D eigenvalue weighted by Gasteiger charge is 2.28. The van der Waals surface area contributed by atoms with Crippen molar-refractivity contribution in [1.29, 1.82) is 0 Å². The second-order valence-electron chi connectivity index (χ2n) is 7.00. The average molecular weight is 330 g/mol. The number of hydrogen-bond donors (Lipinski definition) is 0. The van der Waals surface area contributed by atoms with Crippen LogP contribution in [0.1, 0.15) is 56.2 Å². The van der Waals surface area contributed by atoms with E-state index < -0.39 is 0 Å². The van der Waals surface area contributed by atoms with Gasteiger partial charge in [0, 0.05) is 19.5 Å². The third-order valence-electron chi connectivity index (χ3n) is 5.00. The lowest BCUT2D eigenvalue weighted by molar-refractivity contribution is -0.134. The highest BCUT2D eigenvalue weighted by atomic mass is 16.2. The lowest BCUT2D eigenvalue weighted by Gasteiger charge is -2.37. The van der Waals surface area contributed by atoms with Crippen molar-refractivity contribution in [1.82, 2.24) is 4.90 Å². The van der Waals surface area contributed by atoms with Crippen molar-refractivity contribution >= 4 is 17.5 Å². The van der Waals surface area contributed by atoms with E-state index in [1.807, 2.05) is 25.7 Å². The molecule has 0 N–H and O–H groups in total. The SMILES string of the molecule is CCC1CCCCN1C(=O)CN(C(C)=O)c1c(C)cc(C)cc1C. The molecule has 24 heavy (non-hydrogen) atoms. The van der Waals surface area contributed by atoms with Crippen molar-refractivity contribution in [2.45, 2.75) is 66.3 Å². The second kappa shape index (κ2) is 7.82. The molecule has 4 heteroatoms. The predicted molar refractivity (Wildman–Crippen MR) is 98.3 cm³/mol. The van der Waals surface area contributed by atoms with Crippen LogP contribution in [0.2, 0.25) is 0 Å². The number of carbonyl (C=O) groups excluding carboxylic acids is 2. The summed E-state index contributed by atoms with van der Waals surface area (Å²) in [5.41, 5.74) is 4.14. The fraction of sp³-hybridized carbons (Fsp3) is 0.600. The van der Waals surface area contributed by atoms with Crippen molar-refractivity contribution < 1.29 is 9.59 Å². The number of hydrogen-bond acceptors (Lipinski definition) is 2. The molecule has 0 aromatic heterocycles. The topological polar surface area (TPSA) is 40.6 Å². The minimum atomic E-state index is -0.0801. The van der Waals surface area contributed by atoms with Gasteiger partial charge in [0.2, 0.25) is 11.8 Å². The molecular formula is C20H30N2O2. The molecule has 1 aromatic carbocycles. The maximum Gasteiger partial charge on any atom is 0.242 e. The molecule has 1 aromatic rings. The first-order valence-electron chi connectivity index (χ1n) is 9.00. The van der Waals surface area contributed by atoms with E-state index in [-0.39, 0.29) is 18.4 Å². The highest BCUT2D eigenvalue weighted by Crippen LogP contribution is 2.27. The summed E-state index contributed by atoms with van der Waals surface area (Å²) in [7, 11) is 0. The molecule has 1 fully saturated rings. The zero-order valence-corrected chi connectivity index (χ0v) is 15.7. The summed E-state index contributed by atoms with van der Waals surface area (Å²) in [6.45, 7) is 10.7. The number of piperidine rings is 1. The summed E-state index contributed by atoms with van der Waals surface area (Å²) in [5.74, 6) is -0.0143. The lowest BCUT2D eigenvalue weighted by Crippen LogP contribution is -2.49. The van der Waals surface area contributed by atoms with Gasteiger partial charge in [-0.2, -0.15) is 0 Å². The van der Waals surface area contributed by atoms with E-state index >= 15 is 0 Å². The molecule has 0 saturated carbocycles. The normalized spacial score (nSPS) is 17.7. The Morgan fingerprint density at radius 1 is 1.17 bits per heavy atom. The van der Waals surface area contributed by atoms with E-state index in [9.17, 15) is 9.59 Å². The number of anilines is 1. The number of benzene rings is 1. The largest absolute Gasteiger partial charge is 0.338 e. The molecule has 1 saturated heterocycles. The molecule has 0 radical (unpaired) electrons. The van der Waals surface area contributed by atoms with Crippen molar-refractivity contribution in [3.8, 4) is 0 Å². The number of rotatable bonds is 4. The van der Waals surface area contributed by atoms with Gasteiger partial charge < -0.3 is 9.80 Å². The molecule has 2 rings (SSSR count). The first-order chi connectivity index (χ1) is 11.3. The van der Waals surface area contributed by atoms with Crippen LogP contribution in [0.5, 0.6) is 0 Å². The van der Waals surface area contributed by atoms with Gasteiger partial charge in [-0.05, 0) is 57.6 Å².